The average Bonchev–Trinajstić information content (AvgIpc) is 2.51. The van der Waals surface area contributed by atoms with Crippen molar-refractivity contribution in [3.63, 3.8) is 0 Å². The molecule has 0 fully saturated rings. The van der Waals surface area contributed by atoms with Gasteiger partial charge in [0.1, 0.15) is 5.65 Å². The molecule has 13 heavy (non-hydrogen) atoms. The molecule has 2 heterocycles. The summed E-state index contributed by atoms with van der Waals surface area (Å²) in [6.45, 7) is 0. The minimum absolute atomic E-state index is 0.116. The summed E-state index contributed by atoms with van der Waals surface area (Å²) in [7, 11) is 3.65. The van der Waals surface area contributed by atoms with Crippen molar-refractivity contribution < 1.29 is 0 Å². The Bertz CT molecular complexity index is 482. The number of nitrogens with zero attached hydrogens (tertiary/aromatic N) is 2. The largest absolute Gasteiger partial charge is 0.348 e. The molecule has 0 aromatic carbocycles. The molecule has 68 valence electrons. The fraction of sp³-hybridized carbons (Fsp3) is 0.250. The van der Waals surface area contributed by atoms with E-state index in [9.17, 15) is 4.79 Å². The third kappa shape index (κ3) is 1.18. The van der Waals surface area contributed by atoms with Crippen molar-refractivity contribution >= 4 is 17.0 Å². The second-order valence-electron chi connectivity index (χ2n) is 3.02. The Balaban J connectivity index is 2.77. The van der Waals surface area contributed by atoms with Crippen molar-refractivity contribution in [3.05, 3.63) is 22.6 Å². The highest BCUT2D eigenvalue weighted by atomic mass is 16.1. The maximum atomic E-state index is 11.4. The number of H-pyrrole nitrogens is 2. The number of aromatic nitrogens is 3. The van der Waals surface area contributed by atoms with Crippen LogP contribution in [0.2, 0.25) is 0 Å². The summed E-state index contributed by atoms with van der Waals surface area (Å²) < 4.78 is 0. The van der Waals surface area contributed by atoms with Crippen molar-refractivity contribution in [1.29, 1.82) is 0 Å². The Morgan fingerprint density at radius 1 is 1.46 bits per heavy atom. The third-order valence-corrected chi connectivity index (χ3v) is 1.84. The number of rotatable bonds is 1. The van der Waals surface area contributed by atoms with Gasteiger partial charge in [0.15, 0.2) is 0 Å². The molecule has 0 atom stereocenters. The summed E-state index contributed by atoms with van der Waals surface area (Å²) >= 11 is 0. The van der Waals surface area contributed by atoms with E-state index in [2.05, 4.69) is 15.0 Å². The molecule has 0 amide bonds. The fourth-order valence-electron chi connectivity index (χ4n) is 1.15. The van der Waals surface area contributed by atoms with Gasteiger partial charge in [-0.1, -0.05) is 0 Å². The van der Waals surface area contributed by atoms with Gasteiger partial charge in [0, 0.05) is 20.3 Å². The van der Waals surface area contributed by atoms with Gasteiger partial charge >= 0.3 is 0 Å². The van der Waals surface area contributed by atoms with Crippen LogP contribution >= 0.6 is 0 Å². The maximum Gasteiger partial charge on any atom is 0.261 e. The molecule has 0 saturated carbocycles. The maximum absolute atomic E-state index is 11.4. The number of fused-ring (bicyclic) bond motifs is 1. The molecule has 2 aromatic heterocycles. The van der Waals surface area contributed by atoms with Gasteiger partial charge in [-0.05, 0) is 6.07 Å². The summed E-state index contributed by atoms with van der Waals surface area (Å²) in [6, 6.07) is 1.71. The predicted molar refractivity (Wildman–Crippen MR) is 51.0 cm³/mol. The van der Waals surface area contributed by atoms with Gasteiger partial charge < -0.3 is 9.88 Å². The van der Waals surface area contributed by atoms with Gasteiger partial charge in [-0.2, -0.15) is 4.98 Å². The summed E-state index contributed by atoms with van der Waals surface area (Å²) in [5.74, 6) is 0.556. The lowest BCUT2D eigenvalue weighted by Crippen LogP contribution is -2.18. The SMILES string of the molecule is CN(C)c1nc2[nH]ccc2c(=O)[nH]1. The zero-order valence-electron chi connectivity index (χ0n) is 7.46. The van der Waals surface area contributed by atoms with Crippen molar-refractivity contribution in [2.75, 3.05) is 19.0 Å². The number of hydrogen-bond donors (Lipinski definition) is 2. The van der Waals surface area contributed by atoms with Crippen LogP contribution in [0.15, 0.2) is 17.1 Å². The molecule has 2 rings (SSSR count). The van der Waals surface area contributed by atoms with E-state index in [4.69, 9.17) is 0 Å². The number of anilines is 1. The first-order chi connectivity index (χ1) is 6.18. The van der Waals surface area contributed by atoms with Crippen LogP contribution in [0, 0.1) is 0 Å². The minimum Gasteiger partial charge on any atom is -0.348 e. The Morgan fingerprint density at radius 2 is 2.23 bits per heavy atom. The van der Waals surface area contributed by atoms with E-state index in [1.165, 1.54) is 0 Å². The zero-order chi connectivity index (χ0) is 9.42. The first kappa shape index (κ1) is 7.85. The molecular formula is C8H10N4O. The van der Waals surface area contributed by atoms with Gasteiger partial charge in [0.2, 0.25) is 5.95 Å². The zero-order valence-corrected chi connectivity index (χ0v) is 7.46. The minimum atomic E-state index is -0.116. The van der Waals surface area contributed by atoms with Crippen molar-refractivity contribution in [1.82, 2.24) is 15.0 Å². The van der Waals surface area contributed by atoms with Crippen molar-refractivity contribution in [2.45, 2.75) is 0 Å². The van der Waals surface area contributed by atoms with Crippen LogP contribution in [-0.2, 0) is 0 Å². The van der Waals surface area contributed by atoms with Crippen molar-refractivity contribution in [3.8, 4) is 0 Å². The topological polar surface area (TPSA) is 64.8 Å². The van der Waals surface area contributed by atoms with Crippen LogP contribution in [0.5, 0.6) is 0 Å². The van der Waals surface area contributed by atoms with Gasteiger partial charge in [-0.3, -0.25) is 9.78 Å². The number of hydrogen-bond acceptors (Lipinski definition) is 3. The van der Waals surface area contributed by atoms with E-state index in [-0.39, 0.29) is 5.56 Å². The van der Waals surface area contributed by atoms with Gasteiger partial charge in [-0.15, -0.1) is 0 Å². The lowest BCUT2D eigenvalue weighted by atomic mass is 10.4. The van der Waals surface area contributed by atoms with Crippen LogP contribution in [0.4, 0.5) is 5.95 Å². The smallest absolute Gasteiger partial charge is 0.261 e. The number of nitrogens with one attached hydrogen (secondary N) is 2. The summed E-state index contributed by atoms with van der Waals surface area (Å²) in [4.78, 5) is 23.0. The molecule has 5 heteroatoms. The summed E-state index contributed by atoms with van der Waals surface area (Å²) in [5.41, 5.74) is 0.502. The number of aromatic amines is 2. The first-order valence-electron chi connectivity index (χ1n) is 3.93. The Labute approximate surface area is 74.4 Å². The van der Waals surface area contributed by atoms with E-state index < -0.39 is 0 Å². The monoisotopic (exact) mass is 178 g/mol. The van der Waals surface area contributed by atoms with Gasteiger partial charge in [-0.25, -0.2) is 0 Å². The van der Waals surface area contributed by atoms with Gasteiger partial charge in [0.05, 0.1) is 5.39 Å². The van der Waals surface area contributed by atoms with Crippen LogP contribution in [0.3, 0.4) is 0 Å². The van der Waals surface area contributed by atoms with Crippen LogP contribution in [0.1, 0.15) is 0 Å². The van der Waals surface area contributed by atoms with Crippen molar-refractivity contribution in [2.24, 2.45) is 0 Å². The normalized spacial score (nSPS) is 10.6. The fourth-order valence-corrected chi connectivity index (χ4v) is 1.15. The quantitative estimate of drug-likeness (QED) is 0.660. The molecule has 0 aliphatic rings. The lowest BCUT2D eigenvalue weighted by Gasteiger charge is -2.09. The van der Waals surface area contributed by atoms with Crippen LogP contribution in [-0.4, -0.2) is 29.0 Å². The Hall–Kier alpha value is -1.78. The molecule has 0 aliphatic heterocycles. The predicted octanol–water partition coefficient (Wildman–Crippen LogP) is 0.317. The standard InChI is InChI=1S/C8H10N4O/c1-12(2)8-10-6-5(3-4-9-6)7(13)11-8/h3-4H,1-2H3,(H2,9,10,11,13). The molecule has 0 bridgehead atoms. The summed E-state index contributed by atoms with van der Waals surface area (Å²) in [6.07, 6.45) is 1.70. The molecule has 0 radical (unpaired) electrons. The molecule has 2 N–H and O–H groups in total. The van der Waals surface area contributed by atoms with Gasteiger partial charge in [0.25, 0.3) is 5.56 Å². The molecule has 2 aromatic rings. The second kappa shape index (κ2) is 2.62. The molecular weight excluding hydrogens is 168 g/mol. The molecule has 0 aliphatic carbocycles. The molecule has 0 saturated heterocycles. The van der Waals surface area contributed by atoms with E-state index in [1.807, 2.05) is 14.1 Å². The van der Waals surface area contributed by atoms with E-state index in [1.54, 1.807) is 17.2 Å². The molecule has 0 unspecified atom stereocenters. The lowest BCUT2D eigenvalue weighted by molar-refractivity contribution is 0.998. The average molecular weight is 178 g/mol. The van der Waals surface area contributed by atoms with Crippen LogP contribution in [0.25, 0.3) is 11.0 Å². The highest BCUT2D eigenvalue weighted by Crippen LogP contribution is 2.06. The molecule has 0 spiro atoms. The third-order valence-electron chi connectivity index (χ3n) is 1.84. The van der Waals surface area contributed by atoms with E-state index in [0.29, 0.717) is 17.0 Å². The Kier molecular flexibility index (Phi) is 1.58. The van der Waals surface area contributed by atoms with Crippen LogP contribution < -0.4 is 10.5 Å². The highest BCUT2D eigenvalue weighted by Gasteiger charge is 2.04. The van der Waals surface area contributed by atoms with E-state index >= 15 is 0 Å². The molecule has 5 nitrogen and oxygen atoms in total. The van der Waals surface area contributed by atoms with E-state index in [0.717, 1.165) is 0 Å². The summed E-state index contributed by atoms with van der Waals surface area (Å²) in [5, 5.41) is 0.589. The second-order valence-corrected chi connectivity index (χ2v) is 3.02. The highest BCUT2D eigenvalue weighted by molar-refractivity contribution is 5.75. The first-order valence-corrected chi connectivity index (χ1v) is 3.93. The Morgan fingerprint density at radius 3 is 2.92 bits per heavy atom.